The van der Waals surface area contributed by atoms with Gasteiger partial charge in [0.15, 0.2) is 13.2 Å². The molecule has 0 amide bonds. The van der Waals surface area contributed by atoms with Crippen LogP contribution >= 0.6 is 0 Å². The number of carbonyl (C=O) groups is 2. The fourth-order valence-corrected chi connectivity index (χ4v) is 3.50. The number of rotatable bonds is 9. The van der Waals surface area contributed by atoms with Crippen LogP contribution < -0.4 is 9.47 Å². The second-order valence-electron chi connectivity index (χ2n) is 7.81. The molecule has 0 radical (unpaired) electrons. The van der Waals surface area contributed by atoms with Crippen molar-refractivity contribution in [2.24, 2.45) is 0 Å². The van der Waals surface area contributed by atoms with E-state index in [2.05, 4.69) is 16.0 Å². The van der Waals surface area contributed by atoms with Crippen LogP contribution in [0.15, 0.2) is 85.2 Å². The molecule has 200 valence electrons. The zero-order valence-corrected chi connectivity index (χ0v) is 21.5. The highest BCUT2D eigenvalue weighted by atomic mass is 16.6. The molecule has 0 saturated carbocycles. The minimum atomic E-state index is -1.11. The fraction of sp³-hybridized carbons (Fsp3) is 0.133. The standard InChI is InChI=1S/C16H14N2O3.C14H10N2O3/c1-2-20-15(19)11-21-16-14(10-17)13(8-9-18-16)12-6-4-3-5-7-12;15-8-12-11(10-4-2-1-3-5-10)6-7-16-14(12)19-9-13(17)18/h3-9H,2,11H2,1H3;1-7H,9H2,(H,17,18). The summed E-state index contributed by atoms with van der Waals surface area (Å²) in [6.45, 7) is 1.20. The number of carbonyl (C=O) groups excluding carboxylic acids is 1. The Labute approximate surface area is 230 Å². The molecular formula is C30H24N4O6. The molecule has 10 nitrogen and oxygen atoms in total. The first kappa shape index (κ1) is 28.8. The van der Waals surface area contributed by atoms with Gasteiger partial charge < -0.3 is 19.3 Å². The molecule has 2 aromatic heterocycles. The highest BCUT2D eigenvalue weighted by molar-refractivity contribution is 5.74. The highest BCUT2D eigenvalue weighted by Crippen LogP contribution is 2.29. The predicted octanol–water partition coefficient (Wildman–Crippen LogP) is 4.65. The second kappa shape index (κ2) is 14.9. The summed E-state index contributed by atoms with van der Waals surface area (Å²) in [4.78, 5) is 29.7. The van der Waals surface area contributed by atoms with Crippen molar-refractivity contribution in [2.45, 2.75) is 6.92 Å². The topological polar surface area (TPSA) is 155 Å². The van der Waals surface area contributed by atoms with Gasteiger partial charge in [0, 0.05) is 23.5 Å². The number of carboxylic acid groups (broad SMARTS) is 1. The molecule has 0 atom stereocenters. The van der Waals surface area contributed by atoms with Gasteiger partial charge in [-0.05, 0) is 30.2 Å². The summed E-state index contributed by atoms with van der Waals surface area (Å²) < 4.78 is 15.1. The average molecular weight is 537 g/mol. The SMILES string of the molecule is CCOC(=O)COc1nccc(-c2ccccc2)c1C#N.N#Cc1c(-c2ccccc2)ccnc1OCC(=O)O. The Morgan fingerprint density at radius 2 is 1.20 bits per heavy atom. The van der Waals surface area contributed by atoms with Gasteiger partial charge in [-0.25, -0.2) is 19.6 Å². The highest BCUT2D eigenvalue weighted by Gasteiger charge is 2.15. The number of aliphatic carboxylic acids is 1. The van der Waals surface area contributed by atoms with Crippen LogP contribution in [0.5, 0.6) is 11.8 Å². The van der Waals surface area contributed by atoms with Crippen molar-refractivity contribution in [1.29, 1.82) is 10.5 Å². The molecule has 10 heteroatoms. The van der Waals surface area contributed by atoms with E-state index in [9.17, 15) is 20.1 Å². The van der Waals surface area contributed by atoms with E-state index < -0.39 is 18.5 Å². The monoisotopic (exact) mass is 536 g/mol. The van der Waals surface area contributed by atoms with Crippen molar-refractivity contribution >= 4 is 11.9 Å². The largest absolute Gasteiger partial charge is 0.479 e. The molecule has 4 aromatic rings. The molecule has 0 spiro atoms. The molecular weight excluding hydrogens is 512 g/mol. The Hall–Kier alpha value is -5.74. The van der Waals surface area contributed by atoms with Gasteiger partial charge in [-0.1, -0.05) is 60.7 Å². The lowest BCUT2D eigenvalue weighted by Crippen LogP contribution is -2.15. The summed E-state index contributed by atoms with van der Waals surface area (Å²) in [5.74, 6) is -1.44. The second-order valence-corrected chi connectivity index (χ2v) is 7.81. The lowest BCUT2D eigenvalue weighted by molar-refractivity contribution is -0.145. The van der Waals surface area contributed by atoms with Crippen LogP contribution in [0.25, 0.3) is 22.3 Å². The molecule has 0 aliphatic rings. The smallest absolute Gasteiger partial charge is 0.344 e. The van der Waals surface area contributed by atoms with Gasteiger partial charge in [0.1, 0.15) is 23.3 Å². The Balaban J connectivity index is 0.000000222. The molecule has 0 bridgehead atoms. The van der Waals surface area contributed by atoms with Gasteiger partial charge in [0.05, 0.1) is 6.61 Å². The zero-order valence-electron chi connectivity index (χ0n) is 21.5. The number of benzene rings is 2. The van der Waals surface area contributed by atoms with Gasteiger partial charge >= 0.3 is 11.9 Å². The third-order valence-corrected chi connectivity index (χ3v) is 5.19. The number of nitrogens with zero attached hydrogens (tertiary/aromatic N) is 4. The van der Waals surface area contributed by atoms with E-state index >= 15 is 0 Å². The number of hydrogen-bond donors (Lipinski definition) is 1. The normalized spacial score (nSPS) is 9.68. The fourth-order valence-electron chi connectivity index (χ4n) is 3.50. The lowest BCUT2D eigenvalue weighted by Gasteiger charge is -2.09. The molecule has 2 aromatic carbocycles. The lowest BCUT2D eigenvalue weighted by atomic mass is 10.0. The van der Waals surface area contributed by atoms with Crippen LogP contribution in [-0.4, -0.2) is 46.8 Å². The van der Waals surface area contributed by atoms with Crippen molar-refractivity contribution < 1.29 is 28.9 Å². The minimum absolute atomic E-state index is 0.0336. The summed E-state index contributed by atoms with van der Waals surface area (Å²) >= 11 is 0. The summed E-state index contributed by atoms with van der Waals surface area (Å²) in [6.07, 6.45) is 3.03. The summed E-state index contributed by atoms with van der Waals surface area (Å²) in [5, 5.41) is 27.1. The summed E-state index contributed by atoms with van der Waals surface area (Å²) in [7, 11) is 0. The molecule has 0 aliphatic carbocycles. The van der Waals surface area contributed by atoms with E-state index in [4.69, 9.17) is 19.3 Å². The van der Waals surface area contributed by atoms with E-state index in [1.807, 2.05) is 66.7 Å². The first-order valence-electron chi connectivity index (χ1n) is 12.0. The van der Waals surface area contributed by atoms with Crippen LogP contribution in [0, 0.1) is 22.7 Å². The van der Waals surface area contributed by atoms with Crippen molar-refractivity contribution in [2.75, 3.05) is 19.8 Å². The number of nitriles is 2. The number of aromatic nitrogens is 2. The number of esters is 1. The third-order valence-electron chi connectivity index (χ3n) is 5.19. The molecule has 4 rings (SSSR count). The molecule has 0 aliphatic heterocycles. The number of carboxylic acids is 1. The van der Waals surface area contributed by atoms with Crippen molar-refractivity contribution in [3.8, 4) is 46.2 Å². The van der Waals surface area contributed by atoms with E-state index in [1.54, 1.807) is 25.3 Å². The number of hydrogen-bond acceptors (Lipinski definition) is 9. The minimum Gasteiger partial charge on any atom is -0.479 e. The quantitative estimate of drug-likeness (QED) is 0.299. The Morgan fingerprint density at radius 3 is 1.60 bits per heavy atom. The van der Waals surface area contributed by atoms with Crippen LogP contribution in [0.4, 0.5) is 0 Å². The van der Waals surface area contributed by atoms with Crippen molar-refractivity contribution in [3.05, 3.63) is 96.3 Å². The zero-order chi connectivity index (χ0) is 28.7. The van der Waals surface area contributed by atoms with Crippen LogP contribution in [0.1, 0.15) is 18.1 Å². The Bertz CT molecular complexity index is 1530. The average Bonchev–Trinajstić information content (AvgIpc) is 2.99. The number of ether oxygens (including phenoxy) is 3. The van der Waals surface area contributed by atoms with Gasteiger partial charge in [0.2, 0.25) is 11.8 Å². The van der Waals surface area contributed by atoms with Gasteiger partial charge in [-0.2, -0.15) is 10.5 Å². The maximum Gasteiger partial charge on any atom is 0.344 e. The Morgan fingerprint density at radius 1 is 0.750 bits per heavy atom. The molecule has 0 fully saturated rings. The number of pyridine rings is 2. The van der Waals surface area contributed by atoms with E-state index in [0.29, 0.717) is 16.7 Å². The summed E-state index contributed by atoms with van der Waals surface area (Å²) in [6, 6.07) is 26.3. The van der Waals surface area contributed by atoms with Crippen molar-refractivity contribution in [3.63, 3.8) is 0 Å². The van der Waals surface area contributed by atoms with Gasteiger partial charge in [-0.3, -0.25) is 0 Å². The van der Waals surface area contributed by atoms with Gasteiger partial charge in [0.25, 0.3) is 0 Å². The summed E-state index contributed by atoms with van der Waals surface area (Å²) in [5.41, 5.74) is 3.65. The van der Waals surface area contributed by atoms with E-state index in [-0.39, 0.29) is 30.5 Å². The molecule has 40 heavy (non-hydrogen) atoms. The van der Waals surface area contributed by atoms with Gasteiger partial charge in [-0.15, -0.1) is 0 Å². The van der Waals surface area contributed by atoms with Crippen LogP contribution in [0.2, 0.25) is 0 Å². The molecule has 0 saturated heterocycles. The van der Waals surface area contributed by atoms with Crippen LogP contribution in [-0.2, 0) is 14.3 Å². The predicted molar refractivity (Wildman–Crippen MR) is 144 cm³/mol. The van der Waals surface area contributed by atoms with Crippen LogP contribution in [0.3, 0.4) is 0 Å². The molecule has 1 N–H and O–H groups in total. The van der Waals surface area contributed by atoms with E-state index in [1.165, 1.54) is 6.20 Å². The molecule has 0 unspecified atom stereocenters. The first-order valence-corrected chi connectivity index (χ1v) is 12.0. The van der Waals surface area contributed by atoms with E-state index in [0.717, 1.165) is 11.1 Å². The maximum atomic E-state index is 11.3. The maximum absolute atomic E-state index is 11.3. The molecule has 2 heterocycles. The third kappa shape index (κ3) is 7.88. The first-order chi connectivity index (χ1) is 19.5. The Kier molecular flexibility index (Phi) is 10.7. The van der Waals surface area contributed by atoms with Crippen molar-refractivity contribution in [1.82, 2.24) is 9.97 Å².